The fourth-order valence-electron chi connectivity index (χ4n) is 2.40. The fraction of sp³-hybridized carbons (Fsp3) is 0.625. The van der Waals surface area contributed by atoms with E-state index in [9.17, 15) is 0 Å². The second-order valence-corrected chi connectivity index (χ2v) is 5.34. The van der Waals surface area contributed by atoms with Gasteiger partial charge in [-0.15, -0.1) is 24.0 Å². The molecule has 0 atom stereocenters. The van der Waals surface area contributed by atoms with Crippen molar-refractivity contribution in [1.29, 1.82) is 0 Å². The molecule has 22 heavy (non-hydrogen) atoms. The van der Waals surface area contributed by atoms with Crippen LogP contribution in [0.5, 0.6) is 0 Å². The van der Waals surface area contributed by atoms with Crippen molar-refractivity contribution in [2.45, 2.75) is 39.7 Å². The van der Waals surface area contributed by atoms with Gasteiger partial charge in [-0.25, -0.2) is 9.98 Å². The summed E-state index contributed by atoms with van der Waals surface area (Å²) >= 11 is 0. The zero-order valence-corrected chi connectivity index (χ0v) is 16.0. The maximum absolute atomic E-state index is 4.59. The van der Waals surface area contributed by atoms with Crippen molar-refractivity contribution in [3.63, 3.8) is 0 Å². The Morgan fingerprint density at radius 2 is 2.00 bits per heavy atom. The van der Waals surface area contributed by atoms with Crippen molar-refractivity contribution >= 4 is 35.8 Å². The Bertz CT molecular complexity index is 440. The average Bonchev–Trinajstić information content (AvgIpc) is 3.05. The molecule has 1 aliphatic rings. The number of pyridine rings is 1. The number of guanidine groups is 1. The number of aromatic nitrogens is 1. The van der Waals surface area contributed by atoms with Crippen molar-refractivity contribution < 1.29 is 0 Å². The average molecular weight is 417 g/mol. The number of halogens is 1. The highest BCUT2D eigenvalue weighted by atomic mass is 127. The van der Waals surface area contributed by atoms with Crippen LogP contribution in [0.2, 0.25) is 0 Å². The van der Waals surface area contributed by atoms with Crippen molar-refractivity contribution in [3.05, 3.63) is 23.9 Å². The lowest BCUT2D eigenvalue weighted by Crippen LogP contribution is -2.37. The predicted octanol–water partition coefficient (Wildman–Crippen LogP) is 2.76. The zero-order valence-electron chi connectivity index (χ0n) is 13.6. The van der Waals surface area contributed by atoms with Gasteiger partial charge >= 0.3 is 0 Å². The van der Waals surface area contributed by atoms with E-state index >= 15 is 0 Å². The van der Waals surface area contributed by atoms with Crippen LogP contribution >= 0.6 is 24.0 Å². The molecule has 1 saturated heterocycles. The van der Waals surface area contributed by atoms with Crippen molar-refractivity contribution in [3.8, 4) is 0 Å². The summed E-state index contributed by atoms with van der Waals surface area (Å²) in [6, 6.07) is 4.25. The first-order valence-electron chi connectivity index (χ1n) is 8.05. The number of rotatable bonds is 6. The maximum Gasteiger partial charge on any atom is 0.191 e. The van der Waals surface area contributed by atoms with Crippen LogP contribution in [0.3, 0.4) is 0 Å². The van der Waals surface area contributed by atoms with Crippen LogP contribution in [-0.2, 0) is 6.54 Å². The summed E-state index contributed by atoms with van der Waals surface area (Å²) in [5, 5.41) is 6.56. The van der Waals surface area contributed by atoms with Gasteiger partial charge in [0.05, 0.1) is 6.54 Å². The Hall–Kier alpha value is -1.05. The first-order valence-corrected chi connectivity index (χ1v) is 8.05. The topological polar surface area (TPSA) is 52.6 Å². The number of hydrogen-bond acceptors (Lipinski definition) is 3. The second-order valence-electron chi connectivity index (χ2n) is 5.34. The van der Waals surface area contributed by atoms with Gasteiger partial charge in [-0.2, -0.15) is 0 Å². The highest BCUT2D eigenvalue weighted by Gasteiger charge is 2.12. The van der Waals surface area contributed by atoms with Crippen LogP contribution in [0.15, 0.2) is 23.3 Å². The molecular weight excluding hydrogens is 389 g/mol. The molecule has 1 aromatic heterocycles. The monoisotopic (exact) mass is 417 g/mol. The molecule has 2 heterocycles. The van der Waals surface area contributed by atoms with Crippen LogP contribution in [0.1, 0.15) is 38.7 Å². The van der Waals surface area contributed by atoms with E-state index in [1.807, 2.05) is 6.20 Å². The second kappa shape index (κ2) is 10.6. The van der Waals surface area contributed by atoms with Gasteiger partial charge in [-0.3, -0.25) is 0 Å². The highest BCUT2D eigenvalue weighted by Crippen LogP contribution is 2.17. The Balaban J connectivity index is 0.00000242. The Morgan fingerprint density at radius 1 is 1.23 bits per heavy atom. The number of nitrogens with zero attached hydrogens (tertiary/aromatic N) is 3. The molecule has 1 fully saturated rings. The molecule has 0 aromatic carbocycles. The smallest absolute Gasteiger partial charge is 0.191 e. The summed E-state index contributed by atoms with van der Waals surface area (Å²) in [6.07, 6.45) is 5.60. The Morgan fingerprint density at radius 3 is 2.59 bits per heavy atom. The molecule has 124 valence electrons. The van der Waals surface area contributed by atoms with Gasteiger partial charge < -0.3 is 15.5 Å². The van der Waals surface area contributed by atoms with E-state index in [4.69, 9.17) is 0 Å². The molecule has 0 bridgehead atoms. The first kappa shape index (κ1) is 19.0. The van der Waals surface area contributed by atoms with Crippen molar-refractivity contribution in [2.24, 2.45) is 4.99 Å². The largest absolute Gasteiger partial charge is 0.357 e. The summed E-state index contributed by atoms with van der Waals surface area (Å²) in [4.78, 5) is 11.5. The molecule has 0 aliphatic carbocycles. The minimum atomic E-state index is 0. The molecular formula is C16H28IN5. The third-order valence-electron chi connectivity index (χ3n) is 3.55. The molecule has 2 rings (SSSR count). The SMILES string of the molecule is CCCNC(=NCc1ccc(N2CCCC2)nc1)NCC.I. The molecule has 0 saturated carbocycles. The quantitative estimate of drug-likeness (QED) is 0.425. The summed E-state index contributed by atoms with van der Waals surface area (Å²) < 4.78 is 0. The minimum absolute atomic E-state index is 0. The highest BCUT2D eigenvalue weighted by molar-refractivity contribution is 14.0. The van der Waals surface area contributed by atoms with Crippen LogP contribution in [-0.4, -0.2) is 37.1 Å². The first-order chi connectivity index (χ1) is 10.3. The molecule has 2 N–H and O–H groups in total. The van der Waals surface area contributed by atoms with Crippen LogP contribution in [0.25, 0.3) is 0 Å². The van der Waals surface area contributed by atoms with Gasteiger partial charge in [0, 0.05) is 32.4 Å². The van der Waals surface area contributed by atoms with E-state index in [0.717, 1.165) is 49.9 Å². The maximum atomic E-state index is 4.59. The van der Waals surface area contributed by atoms with E-state index in [-0.39, 0.29) is 24.0 Å². The van der Waals surface area contributed by atoms with Gasteiger partial charge in [0.2, 0.25) is 0 Å². The summed E-state index contributed by atoms with van der Waals surface area (Å²) in [7, 11) is 0. The van der Waals surface area contributed by atoms with Gasteiger partial charge in [-0.05, 0) is 37.8 Å². The van der Waals surface area contributed by atoms with E-state index in [1.54, 1.807) is 0 Å². The zero-order chi connectivity index (χ0) is 14.9. The van der Waals surface area contributed by atoms with E-state index in [2.05, 4.69) is 51.5 Å². The molecule has 0 spiro atoms. The molecule has 5 nitrogen and oxygen atoms in total. The third-order valence-corrected chi connectivity index (χ3v) is 3.55. The molecule has 1 aromatic rings. The van der Waals surface area contributed by atoms with Gasteiger partial charge in [0.25, 0.3) is 0 Å². The molecule has 0 amide bonds. The Labute approximate surface area is 151 Å². The molecule has 0 radical (unpaired) electrons. The van der Waals surface area contributed by atoms with E-state index in [0.29, 0.717) is 6.54 Å². The summed E-state index contributed by atoms with van der Waals surface area (Å²) in [5.74, 6) is 1.97. The number of anilines is 1. The standard InChI is InChI=1S/C16H27N5.HI/c1-3-9-18-16(17-4-2)20-13-14-7-8-15(19-12-14)21-10-5-6-11-21;/h7-8,12H,3-6,9-11,13H2,1-2H3,(H2,17,18,20);1H. The predicted molar refractivity (Wildman–Crippen MR) is 104 cm³/mol. The van der Waals surface area contributed by atoms with Gasteiger partial charge in [0.1, 0.15) is 5.82 Å². The van der Waals surface area contributed by atoms with Crippen LogP contribution in [0.4, 0.5) is 5.82 Å². The normalized spacial score (nSPS) is 14.6. The fourth-order valence-corrected chi connectivity index (χ4v) is 2.40. The number of aliphatic imine (C=N–C) groups is 1. The number of nitrogens with one attached hydrogen (secondary N) is 2. The lowest BCUT2D eigenvalue weighted by molar-refractivity contribution is 0.785. The lowest BCUT2D eigenvalue weighted by atomic mass is 10.3. The number of hydrogen-bond donors (Lipinski definition) is 2. The summed E-state index contributed by atoms with van der Waals surface area (Å²) in [5.41, 5.74) is 1.15. The van der Waals surface area contributed by atoms with Crippen molar-refractivity contribution in [1.82, 2.24) is 15.6 Å². The van der Waals surface area contributed by atoms with Gasteiger partial charge in [0.15, 0.2) is 5.96 Å². The molecule has 6 heteroatoms. The third kappa shape index (κ3) is 5.98. The van der Waals surface area contributed by atoms with E-state index in [1.165, 1.54) is 12.8 Å². The van der Waals surface area contributed by atoms with Crippen molar-refractivity contribution in [2.75, 3.05) is 31.1 Å². The lowest BCUT2D eigenvalue weighted by Gasteiger charge is -2.16. The van der Waals surface area contributed by atoms with Crippen LogP contribution < -0.4 is 15.5 Å². The van der Waals surface area contributed by atoms with Gasteiger partial charge in [-0.1, -0.05) is 13.0 Å². The molecule has 1 aliphatic heterocycles. The van der Waals surface area contributed by atoms with Crippen LogP contribution in [0, 0.1) is 0 Å². The minimum Gasteiger partial charge on any atom is -0.357 e. The summed E-state index contributed by atoms with van der Waals surface area (Å²) in [6.45, 7) is 8.98. The Kier molecular flexibility index (Phi) is 9.19. The van der Waals surface area contributed by atoms with E-state index < -0.39 is 0 Å². The molecule has 0 unspecified atom stereocenters.